The van der Waals surface area contributed by atoms with E-state index in [-0.39, 0.29) is 35.6 Å². The third-order valence-electron chi connectivity index (χ3n) is 5.93. The second-order valence-electron chi connectivity index (χ2n) is 8.44. The first-order valence-electron chi connectivity index (χ1n) is 10.6. The summed E-state index contributed by atoms with van der Waals surface area (Å²) in [6.07, 6.45) is -1.97. The number of imidazole rings is 1. The second-order valence-corrected chi connectivity index (χ2v) is 10.1. The summed E-state index contributed by atoms with van der Waals surface area (Å²) in [6.45, 7) is 0.804. The Morgan fingerprint density at radius 3 is 2.77 bits per heavy atom. The van der Waals surface area contributed by atoms with Crippen molar-refractivity contribution in [2.24, 2.45) is 0 Å². The molecule has 2 aromatic heterocycles. The molecule has 4 N–H and O–H groups in total. The number of aromatic nitrogens is 4. The van der Waals surface area contributed by atoms with Gasteiger partial charge in [-0.25, -0.2) is 28.3 Å². The van der Waals surface area contributed by atoms with Gasteiger partial charge in [0.25, 0.3) is 0 Å². The molecule has 2 saturated heterocycles. The van der Waals surface area contributed by atoms with Crippen molar-refractivity contribution in [2.75, 3.05) is 18.9 Å². The van der Waals surface area contributed by atoms with Crippen molar-refractivity contribution in [1.29, 1.82) is 0 Å². The van der Waals surface area contributed by atoms with Crippen molar-refractivity contribution in [1.82, 2.24) is 19.5 Å². The van der Waals surface area contributed by atoms with Crippen LogP contribution in [0.15, 0.2) is 30.9 Å². The van der Waals surface area contributed by atoms with E-state index in [2.05, 4.69) is 15.0 Å². The number of hydrogen-bond donors (Lipinski definition) is 3. The monoisotopic (exact) mass is 513 g/mol. The molecule has 15 heteroatoms. The third kappa shape index (κ3) is 4.42. The smallest absolute Gasteiger partial charge is 0.387 e. The lowest BCUT2D eigenvalue weighted by Gasteiger charge is -2.30. The SMILES string of the molecule is C[C@@]1(O)[C@H](O)[C@@H](COP2(=O)OCC[C@@H](c3cc(F)cc(F)c3)O2)O[C@H]1n1cnc2c(N)ncnc21. The molecule has 0 aliphatic carbocycles. The number of aliphatic hydroxyl groups excluding tert-OH is 1. The Bertz CT molecular complexity index is 1290. The Labute approximate surface area is 197 Å². The van der Waals surface area contributed by atoms with Gasteiger partial charge in [-0.3, -0.25) is 18.1 Å². The van der Waals surface area contributed by atoms with Crippen LogP contribution in [-0.4, -0.2) is 60.8 Å². The minimum atomic E-state index is -4.19. The molecule has 5 rings (SSSR count). The molecule has 1 unspecified atom stereocenters. The van der Waals surface area contributed by atoms with Crippen LogP contribution in [0.5, 0.6) is 0 Å². The zero-order valence-electron chi connectivity index (χ0n) is 18.3. The quantitative estimate of drug-likeness (QED) is 0.428. The highest BCUT2D eigenvalue weighted by Gasteiger charge is 2.54. The maximum atomic E-state index is 13.6. The molecule has 3 aromatic rings. The molecule has 188 valence electrons. The highest BCUT2D eigenvalue weighted by Crippen LogP contribution is 2.57. The zero-order chi connectivity index (χ0) is 25.0. The summed E-state index contributed by atoms with van der Waals surface area (Å²) >= 11 is 0. The number of anilines is 1. The fourth-order valence-corrected chi connectivity index (χ4v) is 5.54. The number of fused-ring (bicyclic) bond motifs is 1. The van der Waals surface area contributed by atoms with Crippen LogP contribution in [0, 0.1) is 11.6 Å². The molecule has 12 nitrogen and oxygen atoms in total. The molecule has 0 spiro atoms. The number of nitrogen functional groups attached to an aromatic ring is 1. The van der Waals surface area contributed by atoms with E-state index in [1.54, 1.807) is 0 Å². The highest BCUT2D eigenvalue weighted by atomic mass is 31.2. The van der Waals surface area contributed by atoms with E-state index in [9.17, 15) is 23.6 Å². The van der Waals surface area contributed by atoms with E-state index in [1.807, 2.05) is 0 Å². The van der Waals surface area contributed by atoms with Crippen LogP contribution in [0.2, 0.25) is 0 Å². The number of ether oxygens (including phenoxy) is 1. The van der Waals surface area contributed by atoms with Crippen molar-refractivity contribution in [3.63, 3.8) is 0 Å². The minimum absolute atomic E-state index is 0.0589. The number of benzene rings is 1. The van der Waals surface area contributed by atoms with Gasteiger partial charge < -0.3 is 20.7 Å². The van der Waals surface area contributed by atoms with Gasteiger partial charge >= 0.3 is 7.82 Å². The van der Waals surface area contributed by atoms with Gasteiger partial charge in [-0.15, -0.1) is 0 Å². The van der Waals surface area contributed by atoms with E-state index in [1.165, 1.54) is 24.1 Å². The molecule has 0 radical (unpaired) electrons. The fourth-order valence-electron chi connectivity index (χ4n) is 4.15. The summed E-state index contributed by atoms with van der Waals surface area (Å²) in [5, 5.41) is 21.7. The number of nitrogens with two attached hydrogens (primary N) is 1. The topological polar surface area (TPSA) is 164 Å². The van der Waals surface area contributed by atoms with Crippen molar-refractivity contribution in [3.05, 3.63) is 48.1 Å². The number of phosphoric acid groups is 1. The molecule has 2 aliphatic rings. The van der Waals surface area contributed by atoms with Crippen LogP contribution in [-0.2, 0) is 22.9 Å². The van der Waals surface area contributed by atoms with Crippen LogP contribution < -0.4 is 5.73 Å². The Morgan fingerprint density at radius 1 is 1.29 bits per heavy atom. The van der Waals surface area contributed by atoms with E-state index in [0.29, 0.717) is 6.07 Å². The molecular formula is C20H22F2N5O7P. The van der Waals surface area contributed by atoms with Gasteiger partial charge in [0.1, 0.15) is 41.3 Å². The Kier molecular flexibility index (Phi) is 6.08. The standard InChI is InChI=1S/C20H22F2N5O7P/c1-20(29)16(28)14(33-19(20)27-9-26-15-17(23)24-8-25-18(15)27)7-32-35(30)31-3-2-13(34-35)10-4-11(21)6-12(22)5-10/h4-6,8-9,13-14,16,19,28-29H,2-3,7H2,1H3,(H2,23,24,25)/t13-,14+,16+,19+,20+,35?/m0/s1. The first-order valence-corrected chi connectivity index (χ1v) is 12.1. The minimum Gasteiger partial charge on any atom is -0.387 e. The molecule has 2 fully saturated rings. The zero-order valence-corrected chi connectivity index (χ0v) is 19.2. The molecule has 1 aromatic carbocycles. The van der Waals surface area contributed by atoms with Crippen molar-refractivity contribution >= 4 is 24.8 Å². The largest absolute Gasteiger partial charge is 0.475 e. The number of hydrogen-bond acceptors (Lipinski definition) is 11. The Balaban J connectivity index is 1.31. The van der Waals surface area contributed by atoms with Crippen LogP contribution >= 0.6 is 7.82 Å². The van der Waals surface area contributed by atoms with Gasteiger partial charge in [-0.2, -0.15) is 0 Å². The lowest BCUT2D eigenvalue weighted by atomic mass is 9.96. The van der Waals surface area contributed by atoms with Crippen molar-refractivity contribution in [2.45, 2.75) is 43.5 Å². The van der Waals surface area contributed by atoms with Gasteiger partial charge in [0, 0.05) is 12.5 Å². The average Bonchev–Trinajstić information content (AvgIpc) is 3.31. The predicted octanol–water partition coefficient (Wildman–Crippen LogP) is 2.00. The maximum Gasteiger partial charge on any atom is 0.475 e. The number of rotatable bonds is 5. The second kappa shape index (κ2) is 8.82. The van der Waals surface area contributed by atoms with Crippen LogP contribution in [0.3, 0.4) is 0 Å². The fraction of sp³-hybridized carbons (Fsp3) is 0.450. The Hall–Kier alpha value is -2.58. The van der Waals surface area contributed by atoms with Crippen LogP contribution in [0.25, 0.3) is 11.2 Å². The van der Waals surface area contributed by atoms with Crippen molar-refractivity contribution in [3.8, 4) is 0 Å². The van der Waals surface area contributed by atoms with E-state index >= 15 is 0 Å². The average molecular weight is 513 g/mol. The van der Waals surface area contributed by atoms with Crippen LogP contribution in [0.1, 0.15) is 31.2 Å². The molecule has 0 amide bonds. The predicted molar refractivity (Wildman–Crippen MR) is 115 cm³/mol. The molecule has 2 aliphatic heterocycles. The summed E-state index contributed by atoms with van der Waals surface area (Å²) in [5.41, 5.74) is 4.68. The normalized spacial score (nSPS) is 33.4. The number of halogens is 2. The number of nitrogens with zero attached hydrogens (tertiary/aromatic N) is 4. The van der Waals surface area contributed by atoms with Crippen LogP contribution in [0.4, 0.5) is 14.6 Å². The number of phosphoric ester groups is 1. The highest BCUT2D eigenvalue weighted by molar-refractivity contribution is 7.48. The lowest BCUT2D eigenvalue weighted by Crippen LogP contribution is -2.44. The van der Waals surface area contributed by atoms with E-state index in [0.717, 1.165) is 12.1 Å². The van der Waals surface area contributed by atoms with Gasteiger partial charge in [-0.1, -0.05) is 0 Å². The summed E-state index contributed by atoms with van der Waals surface area (Å²) < 4.78 is 63.4. The molecular weight excluding hydrogens is 491 g/mol. The Morgan fingerprint density at radius 2 is 2.03 bits per heavy atom. The lowest BCUT2D eigenvalue weighted by molar-refractivity contribution is -0.0953. The van der Waals surface area contributed by atoms with Gasteiger partial charge in [0.05, 0.1) is 25.6 Å². The summed E-state index contributed by atoms with van der Waals surface area (Å²) in [7, 11) is -4.19. The van der Waals surface area contributed by atoms with Gasteiger partial charge in [-0.05, 0) is 24.6 Å². The van der Waals surface area contributed by atoms with Crippen molar-refractivity contribution < 1.29 is 41.9 Å². The maximum absolute atomic E-state index is 13.6. The number of aliphatic hydroxyl groups is 2. The molecule has 0 saturated carbocycles. The van der Waals surface area contributed by atoms with Gasteiger partial charge in [0.15, 0.2) is 17.7 Å². The summed E-state index contributed by atoms with van der Waals surface area (Å²) in [5.74, 6) is -1.48. The van der Waals surface area contributed by atoms with Gasteiger partial charge in [0.2, 0.25) is 0 Å². The first kappa shape index (κ1) is 24.1. The molecule has 35 heavy (non-hydrogen) atoms. The molecule has 0 bridgehead atoms. The molecule has 6 atom stereocenters. The van der Waals surface area contributed by atoms with E-state index in [4.69, 9.17) is 24.0 Å². The third-order valence-corrected chi connectivity index (χ3v) is 7.41. The summed E-state index contributed by atoms with van der Waals surface area (Å²) in [4.78, 5) is 12.1. The first-order chi connectivity index (χ1) is 16.6. The van der Waals surface area contributed by atoms with E-state index < -0.39 is 56.2 Å². The summed E-state index contributed by atoms with van der Waals surface area (Å²) in [6, 6.07) is 2.85. The molecule has 4 heterocycles.